The van der Waals surface area contributed by atoms with E-state index in [1.54, 1.807) is 17.0 Å². The van der Waals surface area contributed by atoms with Gasteiger partial charge in [0.05, 0.1) is 12.3 Å². The molecule has 0 amide bonds. The largest absolute Gasteiger partial charge is 0.392 e. The minimum Gasteiger partial charge on any atom is -0.392 e. The van der Waals surface area contributed by atoms with Gasteiger partial charge >= 0.3 is 0 Å². The third-order valence-electron chi connectivity index (χ3n) is 2.99. The van der Waals surface area contributed by atoms with E-state index in [2.05, 4.69) is 15.9 Å². The Labute approximate surface area is 120 Å². The van der Waals surface area contributed by atoms with E-state index >= 15 is 0 Å². The SMILES string of the molecule is CN(Cc1ccccc1Br)c1c(F)cccc1CO. The predicted molar refractivity (Wildman–Crippen MR) is 78.6 cm³/mol. The first-order chi connectivity index (χ1) is 9.13. The van der Waals surface area contributed by atoms with Gasteiger partial charge in [0.15, 0.2) is 0 Å². The molecule has 2 nitrogen and oxygen atoms in total. The number of aliphatic hydroxyl groups is 1. The van der Waals surface area contributed by atoms with Gasteiger partial charge in [-0.3, -0.25) is 0 Å². The predicted octanol–water partition coefficient (Wildman–Crippen LogP) is 3.72. The Morgan fingerprint density at radius 2 is 1.79 bits per heavy atom. The van der Waals surface area contributed by atoms with Crippen molar-refractivity contribution in [2.75, 3.05) is 11.9 Å². The van der Waals surface area contributed by atoms with Crippen molar-refractivity contribution in [1.82, 2.24) is 0 Å². The molecule has 0 atom stereocenters. The lowest BCUT2D eigenvalue weighted by Crippen LogP contribution is -2.19. The number of nitrogens with zero attached hydrogens (tertiary/aromatic N) is 1. The second-order valence-electron chi connectivity index (χ2n) is 4.35. The zero-order valence-electron chi connectivity index (χ0n) is 10.6. The molecular formula is C15H15BrFNO. The van der Waals surface area contributed by atoms with Crippen LogP contribution in [0.5, 0.6) is 0 Å². The van der Waals surface area contributed by atoms with Crippen molar-refractivity contribution in [3.05, 3.63) is 63.9 Å². The van der Waals surface area contributed by atoms with Crippen LogP contribution in [-0.2, 0) is 13.2 Å². The first-order valence-electron chi connectivity index (χ1n) is 5.96. The average molecular weight is 324 g/mol. The lowest BCUT2D eigenvalue weighted by atomic mass is 10.1. The Hall–Kier alpha value is -1.39. The summed E-state index contributed by atoms with van der Waals surface area (Å²) in [5, 5.41) is 9.31. The number of halogens is 2. The van der Waals surface area contributed by atoms with Crippen molar-refractivity contribution in [1.29, 1.82) is 0 Å². The van der Waals surface area contributed by atoms with Gasteiger partial charge in [0.2, 0.25) is 0 Å². The van der Waals surface area contributed by atoms with Gasteiger partial charge in [-0.15, -0.1) is 0 Å². The summed E-state index contributed by atoms with van der Waals surface area (Å²) in [5.74, 6) is -0.318. The summed E-state index contributed by atoms with van der Waals surface area (Å²) >= 11 is 3.48. The third-order valence-corrected chi connectivity index (χ3v) is 3.76. The molecule has 2 aromatic rings. The molecule has 0 spiro atoms. The summed E-state index contributed by atoms with van der Waals surface area (Å²) in [6.07, 6.45) is 0. The monoisotopic (exact) mass is 323 g/mol. The molecule has 0 saturated carbocycles. The van der Waals surface area contributed by atoms with Crippen LogP contribution in [0.2, 0.25) is 0 Å². The van der Waals surface area contributed by atoms with E-state index in [0.29, 0.717) is 17.8 Å². The Morgan fingerprint density at radius 1 is 1.11 bits per heavy atom. The standard InChI is InChI=1S/C15H15BrFNO/c1-18(9-11-5-2-3-7-13(11)16)15-12(10-19)6-4-8-14(15)17/h2-8,19H,9-10H2,1H3. The van der Waals surface area contributed by atoms with Gasteiger partial charge in [0.25, 0.3) is 0 Å². The van der Waals surface area contributed by atoms with Gasteiger partial charge in [-0.25, -0.2) is 4.39 Å². The Kier molecular flexibility index (Phi) is 4.56. The van der Waals surface area contributed by atoms with Crippen molar-refractivity contribution in [2.45, 2.75) is 13.2 Å². The Balaban J connectivity index is 2.30. The number of anilines is 1. The molecule has 0 aliphatic carbocycles. The van der Waals surface area contributed by atoms with Crippen molar-refractivity contribution < 1.29 is 9.50 Å². The molecule has 0 heterocycles. The fourth-order valence-electron chi connectivity index (χ4n) is 2.08. The molecule has 0 unspecified atom stereocenters. The van der Waals surface area contributed by atoms with E-state index in [4.69, 9.17) is 0 Å². The second kappa shape index (κ2) is 6.17. The molecule has 0 aliphatic heterocycles. The first-order valence-corrected chi connectivity index (χ1v) is 6.75. The maximum absolute atomic E-state index is 13.9. The third kappa shape index (κ3) is 3.14. The molecule has 0 aromatic heterocycles. The highest BCUT2D eigenvalue weighted by Crippen LogP contribution is 2.26. The van der Waals surface area contributed by atoms with E-state index in [0.717, 1.165) is 10.0 Å². The molecule has 0 aliphatic rings. The highest BCUT2D eigenvalue weighted by atomic mass is 79.9. The maximum Gasteiger partial charge on any atom is 0.146 e. The van der Waals surface area contributed by atoms with E-state index in [1.807, 2.05) is 31.3 Å². The molecule has 100 valence electrons. The van der Waals surface area contributed by atoms with Crippen LogP contribution >= 0.6 is 15.9 Å². The minimum absolute atomic E-state index is 0.173. The number of para-hydroxylation sites is 1. The lowest BCUT2D eigenvalue weighted by molar-refractivity contribution is 0.281. The van der Waals surface area contributed by atoms with Gasteiger partial charge in [-0.05, 0) is 17.7 Å². The number of hydrogen-bond donors (Lipinski definition) is 1. The maximum atomic E-state index is 13.9. The van der Waals surface area contributed by atoms with E-state index in [9.17, 15) is 9.50 Å². The topological polar surface area (TPSA) is 23.5 Å². The zero-order valence-corrected chi connectivity index (χ0v) is 12.2. The molecule has 1 N–H and O–H groups in total. The molecule has 0 radical (unpaired) electrons. The van der Waals surface area contributed by atoms with Crippen LogP contribution in [0, 0.1) is 5.82 Å². The normalized spacial score (nSPS) is 10.5. The Morgan fingerprint density at radius 3 is 2.47 bits per heavy atom. The van der Waals surface area contributed by atoms with E-state index in [1.165, 1.54) is 6.07 Å². The van der Waals surface area contributed by atoms with Crippen LogP contribution < -0.4 is 4.90 Å². The van der Waals surface area contributed by atoms with Crippen LogP contribution in [-0.4, -0.2) is 12.2 Å². The van der Waals surface area contributed by atoms with Gasteiger partial charge < -0.3 is 10.0 Å². The molecular weight excluding hydrogens is 309 g/mol. The van der Waals surface area contributed by atoms with Crippen LogP contribution in [0.1, 0.15) is 11.1 Å². The van der Waals surface area contributed by atoms with Crippen LogP contribution in [0.4, 0.5) is 10.1 Å². The molecule has 19 heavy (non-hydrogen) atoms. The smallest absolute Gasteiger partial charge is 0.146 e. The van der Waals surface area contributed by atoms with Gasteiger partial charge in [0, 0.05) is 23.6 Å². The molecule has 0 bridgehead atoms. The molecule has 0 fully saturated rings. The first kappa shape index (κ1) is 14.0. The molecule has 4 heteroatoms. The summed E-state index contributed by atoms with van der Waals surface area (Å²) in [7, 11) is 1.82. The van der Waals surface area contributed by atoms with Gasteiger partial charge in [-0.2, -0.15) is 0 Å². The summed E-state index contributed by atoms with van der Waals surface area (Å²) < 4.78 is 14.9. The molecule has 0 saturated heterocycles. The van der Waals surface area contributed by atoms with Gasteiger partial charge in [0.1, 0.15) is 5.82 Å². The lowest BCUT2D eigenvalue weighted by Gasteiger charge is -2.23. The number of aliphatic hydroxyl groups excluding tert-OH is 1. The quantitative estimate of drug-likeness (QED) is 0.927. The Bertz CT molecular complexity index is 574. The fourth-order valence-corrected chi connectivity index (χ4v) is 2.49. The summed E-state index contributed by atoms with van der Waals surface area (Å²) in [6, 6.07) is 12.6. The number of rotatable bonds is 4. The second-order valence-corrected chi connectivity index (χ2v) is 5.21. The minimum atomic E-state index is -0.318. The molecule has 2 rings (SSSR count). The summed E-state index contributed by atoms with van der Waals surface area (Å²) in [4.78, 5) is 1.81. The van der Waals surface area contributed by atoms with E-state index < -0.39 is 0 Å². The van der Waals surface area contributed by atoms with Crippen LogP contribution in [0.3, 0.4) is 0 Å². The van der Waals surface area contributed by atoms with Crippen molar-refractivity contribution >= 4 is 21.6 Å². The number of hydrogen-bond acceptors (Lipinski definition) is 2. The summed E-state index contributed by atoms with van der Waals surface area (Å²) in [6.45, 7) is 0.392. The fraction of sp³-hybridized carbons (Fsp3) is 0.200. The molecule has 2 aromatic carbocycles. The van der Waals surface area contributed by atoms with Crippen molar-refractivity contribution in [2.24, 2.45) is 0 Å². The number of benzene rings is 2. The highest BCUT2D eigenvalue weighted by molar-refractivity contribution is 9.10. The van der Waals surface area contributed by atoms with E-state index in [-0.39, 0.29) is 12.4 Å². The van der Waals surface area contributed by atoms with Crippen LogP contribution in [0.15, 0.2) is 46.9 Å². The zero-order chi connectivity index (χ0) is 13.8. The van der Waals surface area contributed by atoms with Gasteiger partial charge in [-0.1, -0.05) is 46.3 Å². The van der Waals surface area contributed by atoms with Crippen LogP contribution in [0.25, 0.3) is 0 Å². The van der Waals surface area contributed by atoms with Crippen molar-refractivity contribution in [3.63, 3.8) is 0 Å². The highest BCUT2D eigenvalue weighted by Gasteiger charge is 2.13. The summed E-state index contributed by atoms with van der Waals surface area (Å²) in [5.41, 5.74) is 2.10. The average Bonchev–Trinajstić information content (AvgIpc) is 2.40. The van der Waals surface area contributed by atoms with Crippen molar-refractivity contribution in [3.8, 4) is 0 Å².